The SMILES string of the molecule is Cc1cc(S(=O)(=O)NCC(=O)C(C)(C)C)sc1Br. The molecule has 0 saturated carbocycles. The van der Waals surface area contributed by atoms with Crippen molar-refractivity contribution in [2.75, 3.05) is 6.54 Å². The summed E-state index contributed by atoms with van der Waals surface area (Å²) in [5, 5.41) is 0. The molecule has 1 heterocycles. The monoisotopic (exact) mass is 353 g/mol. The van der Waals surface area contributed by atoms with Crippen molar-refractivity contribution in [3.63, 3.8) is 0 Å². The minimum Gasteiger partial charge on any atom is -0.298 e. The fourth-order valence-electron chi connectivity index (χ4n) is 1.06. The number of aryl methyl sites for hydroxylation is 1. The maximum Gasteiger partial charge on any atom is 0.250 e. The van der Waals surface area contributed by atoms with Crippen molar-refractivity contribution in [3.05, 3.63) is 15.4 Å². The molecule has 18 heavy (non-hydrogen) atoms. The molecule has 0 aliphatic rings. The Kier molecular flexibility index (Phi) is 4.75. The van der Waals surface area contributed by atoms with E-state index in [2.05, 4.69) is 20.7 Å². The van der Waals surface area contributed by atoms with Gasteiger partial charge in [-0.1, -0.05) is 20.8 Å². The van der Waals surface area contributed by atoms with Crippen molar-refractivity contribution in [2.24, 2.45) is 5.41 Å². The van der Waals surface area contributed by atoms with Crippen LogP contribution in [0.1, 0.15) is 26.3 Å². The molecule has 1 aromatic rings. The molecular formula is C11H16BrNO3S2. The number of ketones is 1. The number of sulfonamides is 1. The number of rotatable bonds is 4. The number of carbonyl (C=O) groups is 1. The molecule has 0 unspecified atom stereocenters. The van der Waals surface area contributed by atoms with E-state index in [-0.39, 0.29) is 16.5 Å². The van der Waals surface area contributed by atoms with Crippen LogP contribution in [0.15, 0.2) is 14.1 Å². The number of thiophene rings is 1. The summed E-state index contributed by atoms with van der Waals surface area (Å²) in [5.74, 6) is -0.140. The summed E-state index contributed by atoms with van der Waals surface area (Å²) in [6, 6.07) is 1.58. The van der Waals surface area contributed by atoms with Gasteiger partial charge >= 0.3 is 0 Å². The van der Waals surface area contributed by atoms with Crippen molar-refractivity contribution in [2.45, 2.75) is 31.9 Å². The van der Waals surface area contributed by atoms with E-state index in [0.29, 0.717) is 0 Å². The molecule has 4 nitrogen and oxygen atoms in total. The molecule has 0 aromatic carbocycles. The average molecular weight is 354 g/mol. The molecule has 0 bridgehead atoms. The summed E-state index contributed by atoms with van der Waals surface area (Å²) in [7, 11) is -3.60. The Balaban J connectivity index is 2.81. The summed E-state index contributed by atoms with van der Waals surface area (Å²) in [6.45, 7) is 6.92. The molecule has 0 aliphatic heterocycles. The van der Waals surface area contributed by atoms with Crippen molar-refractivity contribution >= 4 is 43.1 Å². The molecule has 0 fully saturated rings. The molecule has 0 saturated heterocycles. The fourth-order valence-corrected chi connectivity index (χ4v) is 4.31. The Morgan fingerprint density at radius 2 is 2.00 bits per heavy atom. The molecule has 0 aliphatic carbocycles. The van der Waals surface area contributed by atoms with E-state index in [1.807, 2.05) is 6.92 Å². The molecular weight excluding hydrogens is 338 g/mol. The highest BCUT2D eigenvalue weighted by molar-refractivity contribution is 9.11. The van der Waals surface area contributed by atoms with Crippen molar-refractivity contribution in [3.8, 4) is 0 Å². The summed E-state index contributed by atoms with van der Waals surface area (Å²) in [4.78, 5) is 11.7. The first kappa shape index (κ1) is 15.8. The van der Waals surface area contributed by atoms with E-state index in [4.69, 9.17) is 0 Å². The quantitative estimate of drug-likeness (QED) is 0.904. The van der Waals surface area contributed by atoms with Crippen LogP contribution in [-0.2, 0) is 14.8 Å². The fraction of sp³-hybridized carbons (Fsp3) is 0.545. The van der Waals surface area contributed by atoms with E-state index < -0.39 is 15.4 Å². The Hall–Kier alpha value is -0.240. The molecule has 0 spiro atoms. The van der Waals surface area contributed by atoms with Gasteiger partial charge < -0.3 is 0 Å². The Morgan fingerprint density at radius 1 is 1.44 bits per heavy atom. The van der Waals surface area contributed by atoms with Gasteiger partial charge in [-0.25, -0.2) is 13.1 Å². The summed E-state index contributed by atoms with van der Waals surface area (Å²) < 4.78 is 27.2. The predicted octanol–water partition coefficient (Wildman–Crippen LogP) is 2.71. The third kappa shape index (κ3) is 3.88. The van der Waals surface area contributed by atoms with Crippen LogP contribution >= 0.6 is 27.3 Å². The highest BCUT2D eigenvalue weighted by Crippen LogP contribution is 2.30. The second-order valence-corrected chi connectivity index (χ2v) is 9.38. The maximum absolute atomic E-state index is 12.0. The molecule has 1 rings (SSSR count). The van der Waals surface area contributed by atoms with E-state index in [1.54, 1.807) is 26.8 Å². The van der Waals surface area contributed by atoms with Crippen molar-refractivity contribution < 1.29 is 13.2 Å². The lowest BCUT2D eigenvalue weighted by Crippen LogP contribution is -2.35. The van der Waals surface area contributed by atoms with Crippen LogP contribution < -0.4 is 4.72 Å². The van der Waals surface area contributed by atoms with E-state index in [0.717, 1.165) is 20.7 Å². The van der Waals surface area contributed by atoms with Gasteiger partial charge in [-0.3, -0.25) is 4.79 Å². The first-order chi connectivity index (χ1) is 8.04. The number of hydrogen-bond donors (Lipinski definition) is 1. The molecule has 0 radical (unpaired) electrons. The average Bonchev–Trinajstić information content (AvgIpc) is 2.55. The van der Waals surface area contributed by atoms with Gasteiger partial charge in [-0.2, -0.15) is 0 Å². The van der Waals surface area contributed by atoms with Gasteiger partial charge in [0.1, 0.15) is 4.21 Å². The minimum atomic E-state index is -3.60. The van der Waals surface area contributed by atoms with Crippen LogP contribution in [0.5, 0.6) is 0 Å². The largest absolute Gasteiger partial charge is 0.298 e. The molecule has 7 heteroatoms. The third-order valence-corrected chi connectivity index (χ3v) is 6.37. The summed E-state index contributed by atoms with van der Waals surface area (Å²) >= 11 is 4.42. The second kappa shape index (κ2) is 5.40. The summed E-state index contributed by atoms with van der Waals surface area (Å²) in [6.07, 6.45) is 0. The van der Waals surface area contributed by atoms with Crippen LogP contribution in [0.4, 0.5) is 0 Å². The zero-order chi connectivity index (χ0) is 14.1. The van der Waals surface area contributed by atoms with Crippen LogP contribution in [0.3, 0.4) is 0 Å². The molecule has 0 atom stereocenters. The van der Waals surface area contributed by atoms with Gasteiger partial charge in [0.2, 0.25) is 10.0 Å². The topological polar surface area (TPSA) is 63.2 Å². The van der Waals surface area contributed by atoms with Crippen molar-refractivity contribution in [1.29, 1.82) is 0 Å². The van der Waals surface area contributed by atoms with E-state index in [1.165, 1.54) is 0 Å². The van der Waals surface area contributed by atoms with Crippen molar-refractivity contribution in [1.82, 2.24) is 4.72 Å². The van der Waals surface area contributed by atoms with Crippen LogP contribution in [-0.4, -0.2) is 20.7 Å². The summed E-state index contributed by atoms with van der Waals surface area (Å²) in [5.41, 5.74) is 0.316. The van der Waals surface area contributed by atoms with E-state index >= 15 is 0 Å². The third-order valence-electron chi connectivity index (χ3n) is 2.36. The van der Waals surface area contributed by atoms with E-state index in [9.17, 15) is 13.2 Å². The second-order valence-electron chi connectivity index (χ2n) is 5.02. The van der Waals surface area contributed by atoms with Gasteiger partial charge in [0.25, 0.3) is 0 Å². The Morgan fingerprint density at radius 3 is 2.39 bits per heavy atom. The van der Waals surface area contributed by atoms with Gasteiger partial charge in [-0.05, 0) is 34.5 Å². The zero-order valence-corrected chi connectivity index (χ0v) is 13.9. The number of halogens is 1. The molecule has 1 N–H and O–H groups in total. The van der Waals surface area contributed by atoms with Crippen LogP contribution in [0, 0.1) is 12.3 Å². The molecule has 1 aromatic heterocycles. The lowest BCUT2D eigenvalue weighted by atomic mass is 9.91. The van der Waals surface area contributed by atoms with Crippen LogP contribution in [0.2, 0.25) is 0 Å². The zero-order valence-electron chi connectivity index (χ0n) is 10.7. The normalized spacial score (nSPS) is 12.7. The smallest absolute Gasteiger partial charge is 0.250 e. The lowest BCUT2D eigenvalue weighted by molar-refractivity contribution is -0.125. The minimum absolute atomic E-state index is 0.140. The van der Waals surface area contributed by atoms with Gasteiger partial charge in [0.05, 0.1) is 10.3 Å². The Bertz CT molecular complexity index is 536. The molecule has 0 amide bonds. The standard InChI is InChI=1S/C11H16BrNO3S2/c1-7-5-9(17-10(7)12)18(15,16)13-6-8(14)11(2,3)4/h5,13H,6H2,1-4H3. The highest BCUT2D eigenvalue weighted by Gasteiger charge is 2.24. The Labute approximate surface area is 120 Å². The number of Topliss-reactive ketones (excluding diaryl/α,β-unsaturated/α-hetero) is 1. The van der Waals surface area contributed by atoms with Gasteiger partial charge in [-0.15, -0.1) is 11.3 Å². The number of nitrogens with one attached hydrogen (secondary N) is 1. The number of hydrogen-bond acceptors (Lipinski definition) is 4. The number of carbonyl (C=O) groups excluding carboxylic acids is 1. The highest BCUT2D eigenvalue weighted by atomic mass is 79.9. The lowest BCUT2D eigenvalue weighted by Gasteiger charge is -2.16. The first-order valence-electron chi connectivity index (χ1n) is 5.33. The predicted molar refractivity (Wildman–Crippen MR) is 76.4 cm³/mol. The first-order valence-corrected chi connectivity index (χ1v) is 8.42. The van der Waals surface area contributed by atoms with Gasteiger partial charge in [0.15, 0.2) is 5.78 Å². The molecule has 102 valence electrons. The maximum atomic E-state index is 12.0. The van der Waals surface area contributed by atoms with Crippen LogP contribution in [0.25, 0.3) is 0 Å². The van der Waals surface area contributed by atoms with Gasteiger partial charge in [0, 0.05) is 5.41 Å².